The molecule has 16 atom stereocenters. The minimum Gasteiger partial charge on any atom is -0.0617 e. The van der Waals surface area contributed by atoms with Gasteiger partial charge in [0.15, 0.2) is 0 Å². The van der Waals surface area contributed by atoms with E-state index in [2.05, 4.69) is 83.1 Å². The van der Waals surface area contributed by atoms with Crippen LogP contribution in [0.5, 0.6) is 0 Å². The zero-order valence-corrected chi connectivity index (χ0v) is 25.7. The van der Waals surface area contributed by atoms with Gasteiger partial charge >= 0.3 is 0 Å². The molecular formula is C36H54. The molecule has 0 heterocycles. The number of hydrogen-bond acceptors (Lipinski definition) is 0. The van der Waals surface area contributed by atoms with Crippen LogP contribution in [-0.4, -0.2) is 0 Å². The fraction of sp³-hybridized carbons (Fsp3) is 1.00. The highest BCUT2D eigenvalue weighted by Crippen LogP contribution is 3.12. The zero-order chi connectivity index (χ0) is 25.7. The van der Waals surface area contributed by atoms with Gasteiger partial charge in [-0.3, -0.25) is 0 Å². The van der Waals surface area contributed by atoms with Crippen LogP contribution in [0.25, 0.3) is 0 Å². The summed E-state index contributed by atoms with van der Waals surface area (Å²) in [6.45, 7) is 33.6. The zero-order valence-electron chi connectivity index (χ0n) is 25.7. The third-order valence-electron chi connectivity index (χ3n) is 20.8. The molecule has 198 valence electrons. The van der Waals surface area contributed by atoms with Crippen LogP contribution in [0.15, 0.2) is 0 Å². The lowest BCUT2D eigenvalue weighted by Crippen LogP contribution is -2.69. The fourth-order valence-corrected chi connectivity index (χ4v) is 19.1. The SMILES string of the molecule is CC1C2C3C4C(C(C)[C@@]5(C)C[C@@]5(C)[C@]45C[C@@]5(C)[C@@]24CC4(C)C)[C@]2(CC2(C)C)[C@@]2(C)CC32[C@@]2(C)C[C@@]12C. The predicted octanol–water partition coefficient (Wildman–Crippen LogP) is 9.24. The third-order valence-corrected chi connectivity index (χ3v) is 20.8. The molecule has 10 saturated carbocycles. The second-order valence-electron chi connectivity index (χ2n) is 20.6. The van der Waals surface area contributed by atoms with Crippen molar-refractivity contribution in [2.45, 2.75) is 122 Å². The molecule has 0 saturated heterocycles. The Morgan fingerprint density at radius 2 is 0.667 bits per heavy atom. The molecule has 0 nitrogen and oxygen atoms in total. The monoisotopic (exact) mass is 486 g/mol. The van der Waals surface area contributed by atoms with Gasteiger partial charge in [0.2, 0.25) is 0 Å². The van der Waals surface area contributed by atoms with Crippen molar-refractivity contribution in [1.82, 2.24) is 0 Å². The first-order valence-corrected chi connectivity index (χ1v) is 16.3. The number of hydrogen-bond donors (Lipinski definition) is 0. The van der Waals surface area contributed by atoms with Gasteiger partial charge in [0.05, 0.1) is 0 Å². The van der Waals surface area contributed by atoms with Gasteiger partial charge in [0.25, 0.3) is 0 Å². The molecule has 10 fully saturated rings. The highest BCUT2D eigenvalue weighted by atomic mass is 15.1. The highest BCUT2D eigenvalue weighted by molar-refractivity contribution is 5.54. The van der Waals surface area contributed by atoms with Gasteiger partial charge < -0.3 is 0 Å². The van der Waals surface area contributed by atoms with Gasteiger partial charge in [0.1, 0.15) is 0 Å². The molecular weight excluding hydrogens is 432 g/mol. The standard InChI is InChI=1S/C36H54/c1-19-21-23-24-22(34(14-26(34,5)6)32(12)18-35(23,32)29(9)15-27(19,29)7)20(2)28(8)16-30(28,10)36(24)17-31(36,11)33(21)13-25(33,3)4/h19-24H,13-18H2,1-12H3/t19?,20?,21?,22?,23?,24?,27-,28+,29-,30+,31-,32+,33-,34-,35?,36-/m0/s1. The normalized spacial score (nSPS) is 81.7. The van der Waals surface area contributed by atoms with Crippen LogP contribution in [-0.2, 0) is 0 Å². The van der Waals surface area contributed by atoms with E-state index in [1.807, 2.05) is 0 Å². The minimum absolute atomic E-state index is 0.550. The Labute approximate surface area is 221 Å². The summed E-state index contributed by atoms with van der Waals surface area (Å²) >= 11 is 0. The third kappa shape index (κ3) is 1.28. The summed E-state index contributed by atoms with van der Waals surface area (Å²) in [6.07, 6.45) is 9.37. The van der Waals surface area contributed by atoms with Gasteiger partial charge in [-0.25, -0.2) is 0 Å². The molecule has 4 spiro atoms. The maximum Gasteiger partial charge on any atom is -0.0139 e. The summed E-state index contributed by atoms with van der Waals surface area (Å²) in [5, 5.41) is 0. The van der Waals surface area contributed by atoms with Gasteiger partial charge in [-0.2, -0.15) is 0 Å². The maximum absolute atomic E-state index is 2.91. The number of fused-ring (bicyclic) bond motifs is 6. The minimum atomic E-state index is 0.550. The first kappa shape index (κ1) is 21.8. The molecule has 10 aliphatic carbocycles. The van der Waals surface area contributed by atoms with Gasteiger partial charge in [-0.15, -0.1) is 0 Å². The summed E-state index contributed by atoms with van der Waals surface area (Å²) in [5.41, 5.74) is 7.19. The van der Waals surface area contributed by atoms with Gasteiger partial charge in [-0.05, 0) is 139 Å². The van der Waals surface area contributed by atoms with Crippen molar-refractivity contribution >= 4 is 0 Å². The second-order valence-corrected chi connectivity index (χ2v) is 20.6. The van der Waals surface area contributed by atoms with Crippen LogP contribution >= 0.6 is 0 Å². The van der Waals surface area contributed by atoms with E-state index in [1.54, 1.807) is 38.5 Å². The van der Waals surface area contributed by atoms with Crippen LogP contribution in [0.4, 0.5) is 0 Å². The molecule has 36 heavy (non-hydrogen) atoms. The van der Waals surface area contributed by atoms with Crippen molar-refractivity contribution in [3.8, 4) is 0 Å². The van der Waals surface area contributed by atoms with Crippen LogP contribution in [0, 0.1) is 100 Å². The van der Waals surface area contributed by atoms with E-state index < -0.39 is 0 Å². The Balaban J connectivity index is 1.34. The van der Waals surface area contributed by atoms with Crippen molar-refractivity contribution in [1.29, 1.82) is 0 Å². The maximum atomic E-state index is 2.91. The smallest absolute Gasteiger partial charge is 0.0139 e. The molecule has 0 aromatic rings. The van der Waals surface area contributed by atoms with Crippen LogP contribution < -0.4 is 0 Å². The summed E-state index contributed by atoms with van der Waals surface area (Å²) in [4.78, 5) is 0. The summed E-state index contributed by atoms with van der Waals surface area (Å²) in [5.74, 6) is 5.84. The number of rotatable bonds is 0. The molecule has 0 aromatic heterocycles. The Morgan fingerprint density at radius 3 is 0.944 bits per heavy atom. The molecule has 0 aliphatic heterocycles. The molecule has 7 unspecified atom stereocenters. The van der Waals surface area contributed by atoms with E-state index in [4.69, 9.17) is 0 Å². The quantitative estimate of drug-likeness (QED) is 0.320. The fourth-order valence-electron chi connectivity index (χ4n) is 19.1. The topological polar surface area (TPSA) is 0 Å². The van der Waals surface area contributed by atoms with Gasteiger partial charge in [-0.1, -0.05) is 83.1 Å². The van der Waals surface area contributed by atoms with E-state index in [0.717, 1.165) is 35.5 Å². The lowest BCUT2D eigenvalue weighted by molar-refractivity contribution is -0.262. The Kier molecular flexibility index (Phi) is 2.66. The van der Waals surface area contributed by atoms with E-state index in [1.165, 1.54) is 0 Å². The Bertz CT molecular complexity index is 1160. The molecule has 0 bridgehead atoms. The first-order valence-electron chi connectivity index (χ1n) is 16.3. The van der Waals surface area contributed by atoms with Crippen molar-refractivity contribution in [3.63, 3.8) is 0 Å². The van der Waals surface area contributed by atoms with Crippen LogP contribution in [0.1, 0.15) is 122 Å². The molecule has 10 rings (SSSR count). The lowest BCUT2D eigenvalue weighted by atomic mass is 9.31. The van der Waals surface area contributed by atoms with E-state index in [9.17, 15) is 0 Å². The largest absolute Gasteiger partial charge is 0.0617 e. The molecule has 0 aromatic carbocycles. The molecule has 0 radical (unpaired) electrons. The summed E-state index contributed by atoms with van der Waals surface area (Å²) < 4.78 is 0. The molecule has 0 N–H and O–H groups in total. The average molecular weight is 487 g/mol. The van der Waals surface area contributed by atoms with E-state index >= 15 is 0 Å². The first-order chi connectivity index (χ1) is 16.3. The van der Waals surface area contributed by atoms with Crippen LogP contribution in [0.2, 0.25) is 0 Å². The van der Waals surface area contributed by atoms with E-state index in [-0.39, 0.29) is 0 Å². The second kappa shape index (κ2) is 4.39. The van der Waals surface area contributed by atoms with E-state index in [0.29, 0.717) is 65.0 Å². The van der Waals surface area contributed by atoms with Crippen molar-refractivity contribution < 1.29 is 0 Å². The highest BCUT2D eigenvalue weighted by Gasteiger charge is 3.07. The average Bonchev–Trinajstić information content (AvgIpc) is 3.51. The van der Waals surface area contributed by atoms with Crippen molar-refractivity contribution in [2.24, 2.45) is 100 Å². The lowest BCUT2D eigenvalue weighted by Gasteiger charge is -2.72. The van der Waals surface area contributed by atoms with Crippen molar-refractivity contribution in [3.05, 3.63) is 0 Å². The molecule has 10 aliphatic rings. The summed E-state index contributed by atoms with van der Waals surface area (Å²) in [6, 6.07) is 0. The van der Waals surface area contributed by atoms with Crippen molar-refractivity contribution in [2.75, 3.05) is 0 Å². The van der Waals surface area contributed by atoms with Crippen LogP contribution in [0.3, 0.4) is 0 Å². The molecule has 0 amide bonds. The Hall–Kier alpha value is 0. The predicted molar refractivity (Wildman–Crippen MR) is 146 cm³/mol. The van der Waals surface area contributed by atoms with Gasteiger partial charge in [0, 0.05) is 0 Å². The molecule has 0 heteroatoms. The summed E-state index contributed by atoms with van der Waals surface area (Å²) in [7, 11) is 0. The Morgan fingerprint density at radius 1 is 0.361 bits per heavy atom.